The molecule has 0 bridgehead atoms. The number of carboxylic acid groups (broad SMARTS) is 2. The average Bonchev–Trinajstić information content (AvgIpc) is 3.63. The Labute approximate surface area is 245 Å². The second kappa shape index (κ2) is 16.6. The van der Waals surface area contributed by atoms with E-state index < -0.39 is 46.8 Å². The molecule has 240 valence electrons. The van der Waals surface area contributed by atoms with Gasteiger partial charge in [-0.3, -0.25) is 0 Å². The molecule has 0 spiro atoms. The Bertz CT molecular complexity index is 1190. The van der Waals surface area contributed by atoms with E-state index in [4.69, 9.17) is 15.9 Å². The minimum absolute atomic E-state index is 0.173. The maximum Gasteiger partial charge on any atom is 0.419 e. The van der Waals surface area contributed by atoms with Gasteiger partial charge in [-0.05, 0) is 107 Å². The van der Waals surface area contributed by atoms with E-state index >= 15 is 0 Å². The number of nitrogens with zero attached hydrogens (tertiary/aromatic N) is 2. The standard InChI is InChI=1S/C15H18F3NO2.C8H4F4O2.C6H14N2/c16-15(17,18)13-10-12(14(20)21)6-5-11(13)4-3-9-19-7-1-2-8-19;9-6-2-1-4(7(13)14)3-5(6)8(10,11)12;7-3-6-8-4-1-2-5-8/h5-6,10H,1-4,7-9H2,(H,20,21);1-3H,(H,13,14);1-7H2. The highest BCUT2D eigenvalue weighted by atomic mass is 19.4. The van der Waals surface area contributed by atoms with Gasteiger partial charge < -0.3 is 25.7 Å². The molecule has 2 aliphatic heterocycles. The lowest BCUT2D eigenvalue weighted by Gasteiger charge is -2.16. The molecule has 7 nitrogen and oxygen atoms in total. The summed E-state index contributed by atoms with van der Waals surface area (Å²) in [7, 11) is 0. The van der Waals surface area contributed by atoms with Gasteiger partial charge in [0.25, 0.3) is 0 Å². The molecule has 2 aromatic carbocycles. The monoisotopic (exact) mass is 623 g/mol. The number of likely N-dealkylation sites (tertiary alicyclic amines) is 2. The van der Waals surface area contributed by atoms with E-state index in [0.717, 1.165) is 57.7 Å². The highest BCUT2D eigenvalue weighted by molar-refractivity contribution is 5.88. The molecule has 0 saturated carbocycles. The summed E-state index contributed by atoms with van der Waals surface area (Å²) in [6.45, 7) is 7.29. The SMILES string of the molecule is NCCN1CCCC1.O=C(O)c1ccc(CCCN2CCCC2)c(C(F)(F)F)c1.O=C(O)c1ccc(F)c(C(F)(F)F)c1. The van der Waals surface area contributed by atoms with E-state index in [2.05, 4.69) is 9.80 Å². The molecule has 0 unspecified atom stereocenters. The lowest BCUT2D eigenvalue weighted by atomic mass is 9.99. The smallest absolute Gasteiger partial charge is 0.419 e. The molecule has 2 saturated heterocycles. The van der Waals surface area contributed by atoms with Gasteiger partial charge in [0.1, 0.15) is 5.82 Å². The molecule has 0 radical (unpaired) electrons. The van der Waals surface area contributed by atoms with Crippen LogP contribution in [-0.2, 0) is 18.8 Å². The van der Waals surface area contributed by atoms with Crippen LogP contribution in [0.3, 0.4) is 0 Å². The minimum atomic E-state index is -4.88. The third-order valence-corrected chi connectivity index (χ3v) is 6.94. The van der Waals surface area contributed by atoms with E-state index in [1.54, 1.807) is 0 Å². The molecule has 0 aromatic heterocycles. The molecular weight excluding hydrogens is 587 g/mol. The lowest BCUT2D eigenvalue weighted by molar-refractivity contribution is -0.140. The number of hydrogen-bond acceptors (Lipinski definition) is 5. The molecule has 0 amide bonds. The van der Waals surface area contributed by atoms with Crippen LogP contribution in [0.1, 0.15) is 69.5 Å². The molecule has 0 aliphatic carbocycles. The van der Waals surface area contributed by atoms with Gasteiger partial charge in [0.15, 0.2) is 0 Å². The molecule has 2 heterocycles. The summed E-state index contributed by atoms with van der Waals surface area (Å²) in [5.41, 5.74) is 2.21. The van der Waals surface area contributed by atoms with Gasteiger partial charge in [-0.1, -0.05) is 6.07 Å². The molecular formula is C29H36F7N3O4. The van der Waals surface area contributed by atoms with Crippen LogP contribution in [0.5, 0.6) is 0 Å². The van der Waals surface area contributed by atoms with Gasteiger partial charge in [-0.15, -0.1) is 0 Å². The third-order valence-electron chi connectivity index (χ3n) is 6.94. The van der Waals surface area contributed by atoms with Crippen LogP contribution in [0, 0.1) is 5.82 Å². The predicted octanol–water partition coefficient (Wildman–Crippen LogP) is 6.02. The van der Waals surface area contributed by atoms with Gasteiger partial charge in [0, 0.05) is 13.1 Å². The van der Waals surface area contributed by atoms with Crippen molar-refractivity contribution >= 4 is 11.9 Å². The van der Waals surface area contributed by atoms with Crippen LogP contribution in [-0.4, -0.2) is 77.8 Å². The Morgan fingerprint density at radius 3 is 1.60 bits per heavy atom. The first-order valence-corrected chi connectivity index (χ1v) is 13.8. The molecule has 43 heavy (non-hydrogen) atoms. The first-order valence-electron chi connectivity index (χ1n) is 13.8. The summed E-state index contributed by atoms with van der Waals surface area (Å²) in [5.74, 6) is -4.36. The van der Waals surface area contributed by atoms with E-state index in [9.17, 15) is 40.3 Å². The zero-order valence-electron chi connectivity index (χ0n) is 23.5. The van der Waals surface area contributed by atoms with Crippen molar-refractivity contribution in [2.45, 2.75) is 50.9 Å². The third kappa shape index (κ3) is 12.1. The number of carboxylic acids is 2. The molecule has 2 fully saturated rings. The quantitative estimate of drug-likeness (QED) is 0.309. The van der Waals surface area contributed by atoms with Crippen molar-refractivity contribution in [3.05, 3.63) is 70.0 Å². The maximum atomic E-state index is 13.0. The first kappa shape index (κ1) is 36.0. The number of carbonyl (C=O) groups is 2. The van der Waals surface area contributed by atoms with Crippen molar-refractivity contribution in [3.63, 3.8) is 0 Å². The summed E-state index contributed by atoms with van der Waals surface area (Å²) in [6, 6.07) is 4.77. The van der Waals surface area contributed by atoms with Crippen molar-refractivity contribution < 1.29 is 50.5 Å². The highest BCUT2D eigenvalue weighted by Gasteiger charge is 2.35. The summed E-state index contributed by atoms with van der Waals surface area (Å²) >= 11 is 0. The number of rotatable bonds is 8. The summed E-state index contributed by atoms with van der Waals surface area (Å²) in [5, 5.41) is 17.2. The predicted molar refractivity (Wildman–Crippen MR) is 145 cm³/mol. The van der Waals surface area contributed by atoms with Crippen LogP contribution >= 0.6 is 0 Å². The van der Waals surface area contributed by atoms with Gasteiger partial charge in [-0.25, -0.2) is 14.0 Å². The Kier molecular flexibility index (Phi) is 13.9. The fourth-order valence-corrected chi connectivity index (χ4v) is 4.76. The van der Waals surface area contributed by atoms with Gasteiger partial charge in [0.05, 0.1) is 22.3 Å². The second-order valence-corrected chi connectivity index (χ2v) is 10.2. The maximum absolute atomic E-state index is 13.0. The van der Waals surface area contributed by atoms with Crippen molar-refractivity contribution in [1.29, 1.82) is 0 Å². The zero-order chi connectivity index (χ0) is 32.2. The number of aromatic carboxylic acids is 2. The normalized spacial score (nSPS) is 15.8. The second-order valence-electron chi connectivity index (χ2n) is 10.2. The topological polar surface area (TPSA) is 107 Å². The highest BCUT2D eigenvalue weighted by Crippen LogP contribution is 2.34. The fraction of sp³-hybridized carbons (Fsp3) is 0.517. The van der Waals surface area contributed by atoms with Crippen molar-refractivity contribution in [3.8, 4) is 0 Å². The molecule has 4 N–H and O–H groups in total. The molecule has 0 atom stereocenters. The number of nitrogens with two attached hydrogens (primary N) is 1. The Balaban J connectivity index is 0.000000251. The van der Waals surface area contributed by atoms with Gasteiger partial charge >= 0.3 is 24.3 Å². The lowest BCUT2D eigenvalue weighted by Crippen LogP contribution is -2.26. The Hall–Kier alpha value is -3.23. The van der Waals surface area contributed by atoms with Crippen LogP contribution in [0.15, 0.2) is 36.4 Å². The minimum Gasteiger partial charge on any atom is -0.478 e. The largest absolute Gasteiger partial charge is 0.478 e. The van der Waals surface area contributed by atoms with Crippen LogP contribution in [0.25, 0.3) is 0 Å². The average molecular weight is 624 g/mol. The number of halogens is 7. The van der Waals surface area contributed by atoms with E-state index in [1.165, 1.54) is 38.1 Å². The van der Waals surface area contributed by atoms with Crippen molar-refractivity contribution in [2.75, 3.05) is 45.8 Å². The van der Waals surface area contributed by atoms with E-state index in [0.29, 0.717) is 18.9 Å². The summed E-state index contributed by atoms with van der Waals surface area (Å²) < 4.78 is 87.8. The molecule has 14 heteroatoms. The van der Waals surface area contributed by atoms with Crippen molar-refractivity contribution in [1.82, 2.24) is 9.80 Å². The molecule has 2 aromatic rings. The molecule has 2 aliphatic rings. The number of aryl methyl sites for hydroxylation is 1. The van der Waals surface area contributed by atoms with Crippen LogP contribution < -0.4 is 5.73 Å². The van der Waals surface area contributed by atoms with Gasteiger partial charge in [-0.2, -0.15) is 26.3 Å². The first-order chi connectivity index (χ1) is 20.1. The number of hydrogen-bond donors (Lipinski definition) is 3. The number of alkyl halides is 6. The zero-order valence-corrected chi connectivity index (χ0v) is 23.5. The Morgan fingerprint density at radius 1 is 0.721 bits per heavy atom. The van der Waals surface area contributed by atoms with Gasteiger partial charge in [0.2, 0.25) is 0 Å². The van der Waals surface area contributed by atoms with Crippen molar-refractivity contribution in [2.24, 2.45) is 5.73 Å². The molecule has 4 rings (SSSR count). The summed E-state index contributed by atoms with van der Waals surface area (Å²) in [6.07, 6.45) is -3.38. The Morgan fingerprint density at radius 2 is 1.16 bits per heavy atom. The van der Waals surface area contributed by atoms with E-state index in [1.807, 2.05) is 0 Å². The number of benzene rings is 2. The van der Waals surface area contributed by atoms with E-state index in [-0.39, 0.29) is 17.2 Å². The van der Waals surface area contributed by atoms with Crippen LogP contribution in [0.4, 0.5) is 30.7 Å². The summed E-state index contributed by atoms with van der Waals surface area (Å²) in [4.78, 5) is 25.8. The van der Waals surface area contributed by atoms with Crippen LogP contribution in [0.2, 0.25) is 0 Å². The fourth-order valence-electron chi connectivity index (χ4n) is 4.76.